The van der Waals surface area contributed by atoms with E-state index in [9.17, 15) is 5.11 Å². The van der Waals surface area contributed by atoms with E-state index in [2.05, 4.69) is 0 Å². The molecular formula is C16H14O4. The quantitative estimate of drug-likeness (QED) is 0.785. The van der Waals surface area contributed by atoms with Gasteiger partial charge in [-0.3, -0.25) is 0 Å². The smallest absolute Gasteiger partial charge is 0.176 e. The van der Waals surface area contributed by atoms with Crippen LogP contribution < -0.4 is 9.47 Å². The van der Waals surface area contributed by atoms with Crippen LogP contribution in [0, 0.1) is 0 Å². The molecule has 2 aromatic carbocycles. The van der Waals surface area contributed by atoms with E-state index >= 15 is 0 Å². The number of phenolic OH excluding ortho intramolecular Hbond substituents is 1. The van der Waals surface area contributed by atoms with Crippen LogP contribution in [0.2, 0.25) is 0 Å². The molecule has 1 N–H and O–H groups in total. The van der Waals surface area contributed by atoms with Crippen LogP contribution in [-0.2, 0) is 6.61 Å². The second-order valence-electron chi connectivity index (χ2n) is 4.35. The summed E-state index contributed by atoms with van der Waals surface area (Å²) in [6.07, 6.45) is 0. The molecule has 0 bridgehead atoms. The molecule has 20 heavy (non-hydrogen) atoms. The Morgan fingerprint density at radius 3 is 2.60 bits per heavy atom. The zero-order valence-electron chi connectivity index (χ0n) is 11.0. The fraction of sp³-hybridized carbons (Fsp3) is 0.125. The topological polar surface area (TPSA) is 51.8 Å². The Hall–Kier alpha value is -2.62. The van der Waals surface area contributed by atoms with Gasteiger partial charge >= 0.3 is 0 Å². The Bertz CT molecular complexity index is 730. The Morgan fingerprint density at radius 1 is 1.05 bits per heavy atom. The Balaban J connectivity index is 1.82. The molecule has 4 nitrogen and oxygen atoms in total. The molecule has 0 aliphatic rings. The van der Waals surface area contributed by atoms with Gasteiger partial charge in [0.25, 0.3) is 0 Å². The lowest BCUT2D eigenvalue weighted by Crippen LogP contribution is -1.96. The van der Waals surface area contributed by atoms with Crippen molar-refractivity contribution in [3.8, 4) is 17.2 Å². The van der Waals surface area contributed by atoms with Gasteiger partial charge in [-0.05, 0) is 24.3 Å². The van der Waals surface area contributed by atoms with E-state index in [1.165, 1.54) is 0 Å². The summed E-state index contributed by atoms with van der Waals surface area (Å²) in [6.45, 7) is 0.272. The highest BCUT2D eigenvalue weighted by Gasteiger charge is 2.09. The van der Waals surface area contributed by atoms with Crippen LogP contribution >= 0.6 is 0 Å². The Morgan fingerprint density at radius 2 is 1.85 bits per heavy atom. The lowest BCUT2D eigenvalue weighted by atomic mass is 10.2. The second kappa shape index (κ2) is 5.17. The van der Waals surface area contributed by atoms with Gasteiger partial charge in [0.2, 0.25) is 0 Å². The molecule has 0 fully saturated rings. The lowest BCUT2D eigenvalue weighted by Gasteiger charge is -2.08. The summed E-state index contributed by atoms with van der Waals surface area (Å²) >= 11 is 0. The van der Waals surface area contributed by atoms with Crippen molar-refractivity contribution >= 4 is 11.0 Å². The molecule has 0 atom stereocenters. The van der Waals surface area contributed by atoms with E-state index < -0.39 is 0 Å². The van der Waals surface area contributed by atoms with E-state index in [4.69, 9.17) is 13.9 Å². The number of benzene rings is 2. The third-order valence-electron chi connectivity index (χ3n) is 3.01. The zero-order valence-corrected chi connectivity index (χ0v) is 11.0. The third-order valence-corrected chi connectivity index (χ3v) is 3.01. The fourth-order valence-corrected chi connectivity index (χ4v) is 2.06. The van der Waals surface area contributed by atoms with E-state index in [0.29, 0.717) is 22.8 Å². The number of ether oxygens (including phenoxy) is 2. The second-order valence-corrected chi connectivity index (χ2v) is 4.35. The van der Waals surface area contributed by atoms with Gasteiger partial charge < -0.3 is 19.0 Å². The predicted molar refractivity (Wildman–Crippen MR) is 75.2 cm³/mol. The van der Waals surface area contributed by atoms with Crippen molar-refractivity contribution < 1.29 is 19.0 Å². The molecule has 1 heterocycles. The molecule has 0 unspecified atom stereocenters. The number of hydrogen-bond acceptors (Lipinski definition) is 4. The van der Waals surface area contributed by atoms with Gasteiger partial charge in [0.15, 0.2) is 22.8 Å². The van der Waals surface area contributed by atoms with Crippen LogP contribution in [0.5, 0.6) is 17.2 Å². The first kappa shape index (κ1) is 12.4. The number of hydrogen-bond donors (Lipinski definition) is 1. The number of rotatable bonds is 4. The number of para-hydroxylation sites is 3. The van der Waals surface area contributed by atoms with Crippen LogP contribution in [0.15, 0.2) is 52.9 Å². The highest BCUT2D eigenvalue weighted by molar-refractivity contribution is 5.83. The molecule has 0 spiro atoms. The largest absolute Gasteiger partial charge is 0.504 e. The molecular weight excluding hydrogens is 256 g/mol. The molecule has 0 amide bonds. The summed E-state index contributed by atoms with van der Waals surface area (Å²) in [5, 5.41) is 10.5. The van der Waals surface area contributed by atoms with Gasteiger partial charge in [0, 0.05) is 5.39 Å². The molecule has 0 saturated carbocycles. The van der Waals surface area contributed by atoms with E-state index in [1.54, 1.807) is 19.2 Å². The highest BCUT2D eigenvalue weighted by Crippen LogP contribution is 2.30. The number of furan rings is 1. The molecule has 0 radical (unpaired) electrons. The Labute approximate surface area is 116 Å². The highest BCUT2D eigenvalue weighted by atomic mass is 16.5. The van der Waals surface area contributed by atoms with Gasteiger partial charge in [-0.25, -0.2) is 0 Å². The first-order valence-corrected chi connectivity index (χ1v) is 6.24. The van der Waals surface area contributed by atoms with Crippen LogP contribution in [0.1, 0.15) is 5.76 Å². The van der Waals surface area contributed by atoms with Crippen LogP contribution in [0.25, 0.3) is 11.0 Å². The summed E-state index contributed by atoms with van der Waals surface area (Å²) in [4.78, 5) is 0. The number of aromatic hydroxyl groups is 1. The number of phenols is 1. The summed E-state index contributed by atoms with van der Waals surface area (Å²) in [6, 6.07) is 14.5. The van der Waals surface area contributed by atoms with Crippen molar-refractivity contribution in [2.45, 2.75) is 6.61 Å². The predicted octanol–water partition coefficient (Wildman–Crippen LogP) is 3.73. The average molecular weight is 270 g/mol. The molecule has 0 aliphatic heterocycles. The van der Waals surface area contributed by atoms with Gasteiger partial charge in [-0.15, -0.1) is 0 Å². The average Bonchev–Trinajstić information content (AvgIpc) is 2.90. The van der Waals surface area contributed by atoms with E-state index in [-0.39, 0.29) is 12.4 Å². The summed E-state index contributed by atoms with van der Waals surface area (Å²) in [5.74, 6) is 2.10. The van der Waals surface area contributed by atoms with Gasteiger partial charge in [-0.2, -0.15) is 0 Å². The van der Waals surface area contributed by atoms with Crippen molar-refractivity contribution in [1.82, 2.24) is 0 Å². The van der Waals surface area contributed by atoms with Gasteiger partial charge in [0.05, 0.1) is 7.11 Å². The number of fused-ring (bicyclic) bond motifs is 1. The summed E-state index contributed by atoms with van der Waals surface area (Å²) < 4.78 is 16.5. The molecule has 0 aliphatic carbocycles. The van der Waals surface area contributed by atoms with Crippen LogP contribution in [0.4, 0.5) is 0 Å². The minimum absolute atomic E-state index is 0.131. The number of methoxy groups -OCH3 is 1. The van der Waals surface area contributed by atoms with Crippen molar-refractivity contribution in [2.24, 2.45) is 0 Å². The Kier molecular flexibility index (Phi) is 3.21. The first-order valence-electron chi connectivity index (χ1n) is 6.24. The van der Waals surface area contributed by atoms with E-state index in [1.807, 2.05) is 36.4 Å². The van der Waals surface area contributed by atoms with Crippen LogP contribution in [-0.4, -0.2) is 12.2 Å². The molecule has 3 aromatic rings. The van der Waals surface area contributed by atoms with E-state index in [0.717, 1.165) is 5.39 Å². The minimum atomic E-state index is 0.131. The molecule has 3 rings (SSSR count). The molecule has 0 saturated heterocycles. The molecule has 102 valence electrons. The van der Waals surface area contributed by atoms with Crippen molar-refractivity contribution in [2.75, 3.05) is 7.11 Å². The minimum Gasteiger partial charge on any atom is -0.504 e. The summed E-state index contributed by atoms with van der Waals surface area (Å²) in [7, 11) is 1.60. The SMILES string of the molecule is COc1ccccc1OCc1cc2cccc(O)c2o1. The maximum absolute atomic E-state index is 9.70. The van der Waals surface area contributed by atoms with Gasteiger partial charge in [-0.1, -0.05) is 24.3 Å². The third kappa shape index (κ3) is 2.28. The maximum atomic E-state index is 9.70. The monoisotopic (exact) mass is 270 g/mol. The fourth-order valence-electron chi connectivity index (χ4n) is 2.06. The summed E-state index contributed by atoms with van der Waals surface area (Å²) in [5.41, 5.74) is 0.478. The zero-order chi connectivity index (χ0) is 13.9. The normalized spacial score (nSPS) is 10.7. The van der Waals surface area contributed by atoms with Crippen molar-refractivity contribution in [3.63, 3.8) is 0 Å². The lowest BCUT2D eigenvalue weighted by molar-refractivity contribution is 0.259. The standard InChI is InChI=1S/C16H14O4/c1-18-14-7-2-3-8-15(14)19-10-12-9-11-5-4-6-13(17)16(11)20-12/h2-9,17H,10H2,1H3. The molecule has 4 heteroatoms. The molecule has 1 aromatic heterocycles. The van der Waals surface area contributed by atoms with Crippen molar-refractivity contribution in [1.29, 1.82) is 0 Å². The first-order chi connectivity index (χ1) is 9.78. The maximum Gasteiger partial charge on any atom is 0.176 e. The van der Waals surface area contributed by atoms with Gasteiger partial charge in [0.1, 0.15) is 12.4 Å². The van der Waals surface area contributed by atoms with Crippen LogP contribution in [0.3, 0.4) is 0 Å². The van der Waals surface area contributed by atoms with Crippen molar-refractivity contribution in [3.05, 3.63) is 54.3 Å².